The number of aromatic nitrogens is 4. The summed E-state index contributed by atoms with van der Waals surface area (Å²) in [5.74, 6) is 1.55. The molecule has 2 N–H and O–H groups in total. The highest BCUT2D eigenvalue weighted by Crippen LogP contribution is 2.29. The molecule has 3 aromatic rings. The van der Waals surface area contributed by atoms with E-state index in [0.29, 0.717) is 28.4 Å². The highest BCUT2D eigenvalue weighted by Gasteiger charge is 2.28. The summed E-state index contributed by atoms with van der Waals surface area (Å²) in [4.78, 5) is 20.1. The molecule has 0 saturated heterocycles. The number of hydrogen-bond acceptors (Lipinski definition) is 5. The quantitative estimate of drug-likeness (QED) is 0.687. The summed E-state index contributed by atoms with van der Waals surface area (Å²) in [5, 5.41) is 13.2. The van der Waals surface area contributed by atoms with Crippen LogP contribution in [0.25, 0.3) is 22.1 Å². The summed E-state index contributed by atoms with van der Waals surface area (Å²) in [5.41, 5.74) is 2.46. The van der Waals surface area contributed by atoms with Gasteiger partial charge in [0, 0.05) is 16.9 Å². The van der Waals surface area contributed by atoms with Crippen molar-refractivity contribution in [2.45, 2.75) is 44.3 Å². The average molecular weight is 369 g/mol. The first-order valence-electron chi connectivity index (χ1n) is 9.15. The predicted molar refractivity (Wildman–Crippen MR) is 104 cm³/mol. The zero-order valence-electron chi connectivity index (χ0n) is 15.0. The first-order chi connectivity index (χ1) is 12.6. The van der Waals surface area contributed by atoms with Crippen molar-refractivity contribution in [1.82, 2.24) is 25.5 Å². The van der Waals surface area contributed by atoms with Gasteiger partial charge in [-0.1, -0.05) is 56.7 Å². The lowest BCUT2D eigenvalue weighted by Gasteiger charge is -2.34. The smallest absolute Gasteiger partial charge is 0.230 e. The predicted octanol–water partition coefficient (Wildman–Crippen LogP) is 3.54. The summed E-state index contributed by atoms with van der Waals surface area (Å²) in [6.45, 7) is 4.51. The molecule has 6 nitrogen and oxygen atoms in total. The van der Waals surface area contributed by atoms with Crippen molar-refractivity contribution in [3.8, 4) is 0 Å². The topological polar surface area (TPSA) is 83.6 Å². The van der Waals surface area contributed by atoms with Crippen LogP contribution in [0.5, 0.6) is 0 Å². The maximum Gasteiger partial charge on any atom is 0.230 e. The Bertz CT molecular complexity index is 940. The second-order valence-electron chi connectivity index (χ2n) is 7.19. The van der Waals surface area contributed by atoms with Crippen LogP contribution < -0.4 is 5.32 Å². The summed E-state index contributed by atoms with van der Waals surface area (Å²) < 4.78 is 0. The Hall–Kier alpha value is -2.15. The maximum absolute atomic E-state index is 12.3. The molecule has 0 spiro atoms. The third-order valence-corrected chi connectivity index (χ3v) is 6.33. The Balaban J connectivity index is 1.41. The minimum Gasteiger partial charge on any atom is -0.352 e. The van der Waals surface area contributed by atoms with Gasteiger partial charge >= 0.3 is 0 Å². The van der Waals surface area contributed by atoms with Gasteiger partial charge in [-0.15, -0.1) is 10.2 Å². The fraction of sp³-hybridized carbons (Fsp3) is 0.474. The first kappa shape index (κ1) is 17.3. The standard InChI is InChI=1S/C19H23N5OS/c1-11-6-5-9-14(12(11)2)20-16(25)10-26-19-22-18-17(23-24-19)13-7-3-4-8-15(13)21-18/h3-4,7-8,11-12,14H,5-6,9-10H2,1-2H3,(H,20,25)(H,21,22,24)/t11-,12-,14+/m1/s1. The fourth-order valence-electron chi connectivity index (χ4n) is 3.73. The van der Waals surface area contributed by atoms with Crippen molar-refractivity contribution in [2.24, 2.45) is 11.8 Å². The Morgan fingerprint density at radius 3 is 3.00 bits per heavy atom. The number of fused-ring (bicyclic) bond motifs is 3. The summed E-state index contributed by atoms with van der Waals surface area (Å²) >= 11 is 1.33. The van der Waals surface area contributed by atoms with Crippen LogP contribution in [0, 0.1) is 11.8 Å². The molecule has 1 aliphatic rings. The molecule has 136 valence electrons. The largest absolute Gasteiger partial charge is 0.352 e. The number of amides is 1. The van der Waals surface area contributed by atoms with Crippen LogP contribution in [0.3, 0.4) is 0 Å². The van der Waals surface area contributed by atoms with E-state index in [0.717, 1.165) is 22.8 Å². The third-order valence-electron chi connectivity index (χ3n) is 5.49. The van der Waals surface area contributed by atoms with Crippen LogP contribution in [0.15, 0.2) is 29.4 Å². The van der Waals surface area contributed by atoms with Gasteiger partial charge in [0.15, 0.2) is 5.65 Å². The number of aromatic amines is 1. The average Bonchev–Trinajstić information content (AvgIpc) is 3.01. The van der Waals surface area contributed by atoms with Gasteiger partial charge in [-0.05, 0) is 24.3 Å². The monoisotopic (exact) mass is 369 g/mol. The number of hydrogen-bond donors (Lipinski definition) is 2. The van der Waals surface area contributed by atoms with Gasteiger partial charge in [-0.25, -0.2) is 4.98 Å². The van der Waals surface area contributed by atoms with E-state index in [2.05, 4.69) is 39.3 Å². The Labute approximate surface area is 156 Å². The Morgan fingerprint density at radius 1 is 1.27 bits per heavy atom. The number of H-pyrrole nitrogens is 1. The minimum absolute atomic E-state index is 0.0429. The van der Waals surface area contributed by atoms with Gasteiger partial charge in [-0.2, -0.15) is 0 Å². The summed E-state index contributed by atoms with van der Waals surface area (Å²) in [6.07, 6.45) is 3.51. The number of nitrogens with zero attached hydrogens (tertiary/aromatic N) is 3. The van der Waals surface area contributed by atoms with Crippen molar-refractivity contribution < 1.29 is 4.79 Å². The lowest BCUT2D eigenvalue weighted by atomic mass is 9.78. The van der Waals surface area contributed by atoms with Crippen LogP contribution >= 0.6 is 11.8 Å². The molecule has 1 aromatic carbocycles. The Kier molecular flexibility index (Phi) is 4.80. The van der Waals surface area contributed by atoms with E-state index in [4.69, 9.17) is 0 Å². The SMILES string of the molecule is C[C@@H]1[C@H](C)CCC[C@@H]1NC(=O)CSc1nnc2c(n1)[nH]c1ccccc12. The number of benzene rings is 1. The highest BCUT2D eigenvalue weighted by molar-refractivity contribution is 7.99. The number of carbonyl (C=O) groups excluding carboxylic acids is 1. The van der Waals surface area contributed by atoms with Crippen LogP contribution in [-0.4, -0.2) is 37.9 Å². The van der Waals surface area contributed by atoms with Gasteiger partial charge in [0.1, 0.15) is 5.52 Å². The van der Waals surface area contributed by atoms with Crippen molar-refractivity contribution in [3.05, 3.63) is 24.3 Å². The molecule has 0 aliphatic heterocycles. The molecule has 3 atom stereocenters. The van der Waals surface area contributed by atoms with E-state index in [1.54, 1.807) is 0 Å². The van der Waals surface area contributed by atoms with Gasteiger partial charge in [0.25, 0.3) is 0 Å². The second-order valence-corrected chi connectivity index (χ2v) is 8.13. The molecule has 1 aliphatic carbocycles. The highest BCUT2D eigenvalue weighted by atomic mass is 32.2. The van der Waals surface area contributed by atoms with E-state index in [1.807, 2.05) is 24.3 Å². The number of para-hydroxylation sites is 1. The molecule has 2 heterocycles. The molecule has 0 bridgehead atoms. The zero-order chi connectivity index (χ0) is 18.1. The van der Waals surface area contributed by atoms with E-state index in [9.17, 15) is 4.79 Å². The van der Waals surface area contributed by atoms with Gasteiger partial charge in [0.05, 0.1) is 5.75 Å². The molecular weight excluding hydrogens is 346 g/mol. The fourth-order valence-corrected chi connectivity index (χ4v) is 4.33. The zero-order valence-corrected chi connectivity index (χ0v) is 15.8. The van der Waals surface area contributed by atoms with E-state index >= 15 is 0 Å². The molecule has 0 unspecified atom stereocenters. The second kappa shape index (κ2) is 7.23. The number of thioether (sulfide) groups is 1. The van der Waals surface area contributed by atoms with Crippen LogP contribution in [0.2, 0.25) is 0 Å². The Morgan fingerprint density at radius 2 is 2.12 bits per heavy atom. The van der Waals surface area contributed by atoms with Gasteiger partial charge in [0.2, 0.25) is 11.1 Å². The molecule has 7 heteroatoms. The molecule has 1 amide bonds. The molecule has 4 rings (SSSR count). The molecule has 2 aromatic heterocycles. The van der Waals surface area contributed by atoms with E-state index in [1.165, 1.54) is 24.6 Å². The lowest BCUT2D eigenvalue weighted by molar-refractivity contribution is -0.120. The molecule has 1 saturated carbocycles. The van der Waals surface area contributed by atoms with Crippen molar-refractivity contribution in [1.29, 1.82) is 0 Å². The van der Waals surface area contributed by atoms with Crippen molar-refractivity contribution in [2.75, 3.05) is 5.75 Å². The number of nitrogens with one attached hydrogen (secondary N) is 2. The molecule has 1 fully saturated rings. The molecule has 26 heavy (non-hydrogen) atoms. The first-order valence-corrected chi connectivity index (χ1v) is 10.1. The summed E-state index contributed by atoms with van der Waals surface area (Å²) in [6, 6.07) is 8.21. The van der Waals surface area contributed by atoms with Crippen molar-refractivity contribution >= 4 is 39.7 Å². The van der Waals surface area contributed by atoms with Gasteiger partial charge in [-0.3, -0.25) is 4.79 Å². The molecule has 0 radical (unpaired) electrons. The number of carbonyl (C=O) groups is 1. The molecular formula is C19H23N5OS. The normalized spacial score (nSPS) is 23.4. The minimum atomic E-state index is 0.0429. The lowest BCUT2D eigenvalue weighted by Crippen LogP contribution is -2.44. The van der Waals surface area contributed by atoms with Crippen LogP contribution in [0.1, 0.15) is 33.1 Å². The van der Waals surface area contributed by atoms with Gasteiger partial charge < -0.3 is 10.3 Å². The number of rotatable bonds is 4. The van der Waals surface area contributed by atoms with Crippen LogP contribution in [0.4, 0.5) is 0 Å². The van der Waals surface area contributed by atoms with E-state index < -0.39 is 0 Å². The van der Waals surface area contributed by atoms with Crippen LogP contribution in [-0.2, 0) is 4.79 Å². The van der Waals surface area contributed by atoms with E-state index in [-0.39, 0.29) is 11.9 Å². The maximum atomic E-state index is 12.3. The van der Waals surface area contributed by atoms with Crippen molar-refractivity contribution in [3.63, 3.8) is 0 Å². The summed E-state index contributed by atoms with van der Waals surface area (Å²) in [7, 11) is 0. The third kappa shape index (κ3) is 3.40.